The molecule has 0 bridgehead atoms. The van der Waals surface area contributed by atoms with Crippen LogP contribution >= 0.6 is 0 Å². The smallest absolute Gasteiger partial charge is 0.349 e. The first-order valence-corrected chi connectivity index (χ1v) is 12.5. The molecule has 0 aliphatic rings. The molecule has 9 nitrogen and oxygen atoms in total. The van der Waals surface area contributed by atoms with Gasteiger partial charge < -0.3 is 13.7 Å². The number of nitrogens with zero attached hydrogens (tertiary/aromatic N) is 2. The van der Waals surface area contributed by atoms with Crippen molar-refractivity contribution in [2.24, 2.45) is 0 Å². The number of aromatic nitrogens is 1. The van der Waals surface area contributed by atoms with Crippen LogP contribution in [0.1, 0.15) is 35.7 Å². The second kappa shape index (κ2) is 9.40. The third-order valence-electron chi connectivity index (χ3n) is 5.37. The monoisotopic (exact) mass is 484 g/mol. The van der Waals surface area contributed by atoms with Crippen LogP contribution in [-0.2, 0) is 10.1 Å². The fraction of sp³-hybridized carbons (Fsp3) is 0.292. The van der Waals surface area contributed by atoms with E-state index in [-0.39, 0.29) is 30.3 Å². The fourth-order valence-corrected chi connectivity index (χ4v) is 4.24. The van der Waals surface area contributed by atoms with Crippen LogP contribution in [-0.4, -0.2) is 47.6 Å². The number of amides is 1. The van der Waals surface area contributed by atoms with E-state index >= 15 is 0 Å². The van der Waals surface area contributed by atoms with Gasteiger partial charge in [-0.25, -0.2) is 9.78 Å². The number of hydrogen-bond acceptors (Lipinski definition) is 7. The summed E-state index contributed by atoms with van der Waals surface area (Å²) in [5.74, 6) is -0.612. The minimum atomic E-state index is -4.09. The highest BCUT2D eigenvalue weighted by atomic mass is 32.2. The summed E-state index contributed by atoms with van der Waals surface area (Å²) in [5, 5.41) is 0.735. The maximum absolute atomic E-state index is 13.0. The largest absolute Gasteiger partial charge is 0.436 e. The van der Waals surface area contributed by atoms with E-state index in [4.69, 9.17) is 13.4 Å². The lowest BCUT2D eigenvalue weighted by atomic mass is 10.1. The average molecular weight is 485 g/mol. The Balaban J connectivity index is 1.63. The number of aryl methyl sites for hydroxylation is 1. The fourth-order valence-electron chi connectivity index (χ4n) is 3.75. The van der Waals surface area contributed by atoms with E-state index in [0.29, 0.717) is 35.2 Å². The zero-order chi connectivity index (χ0) is 24.5. The van der Waals surface area contributed by atoms with E-state index in [0.717, 1.165) is 10.9 Å². The molecular weight excluding hydrogens is 460 g/mol. The molecule has 2 aromatic carbocycles. The summed E-state index contributed by atoms with van der Waals surface area (Å²) in [7, 11) is -4.09. The molecule has 0 atom stereocenters. The molecular formula is C24H24N2O7S. The van der Waals surface area contributed by atoms with Crippen LogP contribution in [0.5, 0.6) is 0 Å². The van der Waals surface area contributed by atoms with Gasteiger partial charge in [0.25, 0.3) is 16.0 Å². The van der Waals surface area contributed by atoms with Gasteiger partial charge in [0.1, 0.15) is 16.7 Å². The first kappa shape index (κ1) is 23.7. The molecule has 1 N–H and O–H groups in total. The predicted molar refractivity (Wildman–Crippen MR) is 127 cm³/mol. The zero-order valence-electron chi connectivity index (χ0n) is 18.8. The van der Waals surface area contributed by atoms with Crippen molar-refractivity contribution < 1.29 is 26.6 Å². The molecule has 0 saturated carbocycles. The number of carbonyl (C=O) groups excluding carboxylic acids is 1. The molecule has 178 valence electrons. The maximum Gasteiger partial charge on any atom is 0.349 e. The average Bonchev–Trinajstić information content (AvgIpc) is 3.19. The standard InChI is InChI=1S/C24H24N2O7S/c1-3-9-26(10-4-11-34(29,30)31)23(27)17-7-8-20-19(14-17)25-22(32-20)18-13-16-6-5-15(2)12-21(16)33-24(18)28/h5-8,12-14H,3-4,9-11H2,1-2H3,(H,29,30,31). The molecule has 2 heterocycles. The number of benzene rings is 2. The van der Waals surface area contributed by atoms with Crippen molar-refractivity contribution in [3.05, 3.63) is 64.0 Å². The molecule has 0 unspecified atom stereocenters. The molecule has 2 aromatic heterocycles. The number of hydrogen-bond donors (Lipinski definition) is 1. The quantitative estimate of drug-likeness (QED) is 0.293. The van der Waals surface area contributed by atoms with Crippen molar-refractivity contribution in [2.75, 3.05) is 18.8 Å². The van der Waals surface area contributed by atoms with Gasteiger partial charge in [-0.3, -0.25) is 9.35 Å². The molecule has 0 aliphatic carbocycles. The number of rotatable bonds is 8. The summed E-state index contributed by atoms with van der Waals surface area (Å²) < 4.78 is 42.1. The number of carbonyl (C=O) groups is 1. The lowest BCUT2D eigenvalue weighted by Gasteiger charge is -2.22. The normalized spacial score (nSPS) is 11.9. The van der Waals surface area contributed by atoms with E-state index in [2.05, 4.69) is 4.98 Å². The minimum absolute atomic E-state index is 0.0920. The van der Waals surface area contributed by atoms with Crippen molar-refractivity contribution in [2.45, 2.75) is 26.7 Å². The highest BCUT2D eigenvalue weighted by molar-refractivity contribution is 7.85. The molecule has 4 rings (SSSR count). The van der Waals surface area contributed by atoms with Crippen molar-refractivity contribution in [3.8, 4) is 11.5 Å². The minimum Gasteiger partial charge on any atom is -0.436 e. The van der Waals surface area contributed by atoms with Gasteiger partial charge in [0, 0.05) is 24.0 Å². The number of oxazole rings is 1. The highest BCUT2D eigenvalue weighted by Crippen LogP contribution is 2.26. The molecule has 0 radical (unpaired) electrons. The van der Waals surface area contributed by atoms with E-state index < -0.39 is 21.5 Å². The third kappa shape index (κ3) is 5.18. The van der Waals surface area contributed by atoms with Gasteiger partial charge in [0.05, 0.1) is 5.75 Å². The van der Waals surface area contributed by atoms with Crippen molar-refractivity contribution >= 4 is 38.1 Å². The highest BCUT2D eigenvalue weighted by Gasteiger charge is 2.19. The van der Waals surface area contributed by atoms with Crippen molar-refractivity contribution in [3.63, 3.8) is 0 Å². The van der Waals surface area contributed by atoms with Crippen LogP contribution in [0, 0.1) is 6.92 Å². The Morgan fingerprint density at radius 3 is 2.59 bits per heavy atom. The van der Waals surface area contributed by atoms with Gasteiger partial charge in [-0.1, -0.05) is 19.1 Å². The Bertz CT molecular complexity index is 1540. The van der Waals surface area contributed by atoms with E-state index in [9.17, 15) is 18.0 Å². The van der Waals surface area contributed by atoms with E-state index in [1.807, 2.05) is 26.0 Å². The molecule has 0 saturated heterocycles. The predicted octanol–water partition coefficient (Wildman–Crippen LogP) is 4.04. The van der Waals surface area contributed by atoms with Gasteiger partial charge >= 0.3 is 5.63 Å². The second-order valence-electron chi connectivity index (χ2n) is 8.12. The SMILES string of the molecule is CCCN(CCCS(=O)(=O)O)C(=O)c1ccc2oc(-c3cc4ccc(C)cc4oc3=O)nc2c1. The molecule has 0 fully saturated rings. The van der Waals surface area contributed by atoms with Gasteiger partial charge in [0.15, 0.2) is 5.58 Å². The Hall–Kier alpha value is -3.50. The van der Waals surface area contributed by atoms with Crippen LogP contribution in [0.15, 0.2) is 56.1 Å². The van der Waals surface area contributed by atoms with Crippen LogP contribution in [0.2, 0.25) is 0 Å². The Morgan fingerprint density at radius 2 is 1.85 bits per heavy atom. The zero-order valence-corrected chi connectivity index (χ0v) is 19.6. The summed E-state index contributed by atoms with van der Waals surface area (Å²) in [5.41, 5.74) is 2.21. The van der Waals surface area contributed by atoms with Crippen LogP contribution in [0.25, 0.3) is 33.5 Å². The van der Waals surface area contributed by atoms with Crippen LogP contribution < -0.4 is 5.63 Å². The van der Waals surface area contributed by atoms with Gasteiger partial charge in [0.2, 0.25) is 5.89 Å². The Morgan fingerprint density at radius 1 is 1.06 bits per heavy atom. The van der Waals surface area contributed by atoms with Crippen LogP contribution in [0.4, 0.5) is 0 Å². The van der Waals surface area contributed by atoms with Crippen molar-refractivity contribution in [1.82, 2.24) is 9.88 Å². The van der Waals surface area contributed by atoms with Crippen molar-refractivity contribution in [1.29, 1.82) is 0 Å². The number of fused-ring (bicyclic) bond motifs is 2. The molecule has 10 heteroatoms. The first-order valence-electron chi connectivity index (χ1n) is 10.8. The second-order valence-corrected chi connectivity index (χ2v) is 9.69. The molecule has 0 aliphatic heterocycles. The molecule has 4 aromatic rings. The van der Waals surface area contributed by atoms with Gasteiger partial charge in [-0.2, -0.15) is 8.42 Å². The van der Waals surface area contributed by atoms with E-state index in [1.54, 1.807) is 30.3 Å². The Labute approximate surface area is 195 Å². The van der Waals surface area contributed by atoms with E-state index in [1.165, 1.54) is 4.90 Å². The Kier molecular flexibility index (Phi) is 6.54. The van der Waals surface area contributed by atoms with Gasteiger partial charge in [-0.15, -0.1) is 0 Å². The summed E-state index contributed by atoms with van der Waals surface area (Å²) >= 11 is 0. The molecule has 1 amide bonds. The maximum atomic E-state index is 13.0. The lowest BCUT2D eigenvalue weighted by molar-refractivity contribution is 0.0755. The summed E-state index contributed by atoms with van der Waals surface area (Å²) in [6, 6.07) is 12.0. The topological polar surface area (TPSA) is 131 Å². The summed E-state index contributed by atoms with van der Waals surface area (Å²) in [6.45, 7) is 4.44. The molecule has 34 heavy (non-hydrogen) atoms. The summed E-state index contributed by atoms with van der Waals surface area (Å²) in [4.78, 5) is 31.5. The molecule has 0 spiro atoms. The van der Waals surface area contributed by atoms with Gasteiger partial charge in [-0.05, 0) is 55.7 Å². The third-order valence-corrected chi connectivity index (χ3v) is 6.17. The van der Waals surface area contributed by atoms with Crippen LogP contribution in [0.3, 0.4) is 0 Å². The first-order chi connectivity index (χ1) is 16.1. The summed E-state index contributed by atoms with van der Waals surface area (Å²) in [6.07, 6.45) is 0.809. The lowest BCUT2D eigenvalue weighted by Crippen LogP contribution is -2.33.